The van der Waals surface area contributed by atoms with Crippen LogP contribution in [0.5, 0.6) is 11.5 Å². The Bertz CT molecular complexity index is 923. The third-order valence-electron chi connectivity index (χ3n) is 4.03. The van der Waals surface area contributed by atoms with Crippen molar-refractivity contribution in [3.8, 4) is 11.5 Å². The lowest BCUT2D eigenvalue weighted by molar-refractivity contribution is 0.267. The van der Waals surface area contributed by atoms with Crippen LogP contribution in [0.25, 0.3) is 0 Å². The molecule has 0 unspecified atom stereocenters. The molecule has 0 bridgehead atoms. The van der Waals surface area contributed by atoms with Crippen LogP contribution in [0.3, 0.4) is 0 Å². The summed E-state index contributed by atoms with van der Waals surface area (Å²) in [5.74, 6) is 1.41. The van der Waals surface area contributed by atoms with Gasteiger partial charge >= 0.3 is 0 Å². The Hall–Kier alpha value is -2.59. The third kappa shape index (κ3) is 5.20. The number of rotatable bonds is 7. The Morgan fingerprint density at radius 2 is 1.70 bits per heavy atom. The Morgan fingerprint density at radius 3 is 2.44 bits per heavy atom. The van der Waals surface area contributed by atoms with Crippen LogP contribution < -0.4 is 9.47 Å². The van der Waals surface area contributed by atoms with Gasteiger partial charge in [0.05, 0.1) is 16.8 Å². The largest absolute Gasteiger partial charge is 0.490 e. The minimum Gasteiger partial charge on any atom is -0.490 e. The topological polar surface area (TPSA) is 30.8 Å². The van der Waals surface area contributed by atoms with Gasteiger partial charge < -0.3 is 9.47 Å². The van der Waals surface area contributed by atoms with E-state index in [1.807, 2.05) is 73.8 Å². The predicted molar refractivity (Wildman–Crippen MR) is 115 cm³/mol. The van der Waals surface area contributed by atoms with Crippen LogP contribution in [0.2, 0.25) is 0 Å². The van der Waals surface area contributed by atoms with Gasteiger partial charge in [-0.3, -0.25) is 4.99 Å². The van der Waals surface area contributed by atoms with Gasteiger partial charge in [0, 0.05) is 6.21 Å². The van der Waals surface area contributed by atoms with E-state index in [0.717, 1.165) is 26.9 Å². The maximum absolute atomic E-state index is 6.03. The number of halogens is 1. The number of benzene rings is 3. The molecule has 3 rings (SSSR count). The van der Waals surface area contributed by atoms with Crippen molar-refractivity contribution in [3.05, 3.63) is 87.9 Å². The van der Waals surface area contributed by atoms with Crippen LogP contribution in [0, 0.1) is 6.92 Å². The summed E-state index contributed by atoms with van der Waals surface area (Å²) in [5, 5.41) is 0. The molecule has 0 aliphatic carbocycles. The average Bonchev–Trinajstić information content (AvgIpc) is 2.68. The number of aryl methyl sites for hydroxylation is 1. The van der Waals surface area contributed by atoms with Crippen molar-refractivity contribution in [3.63, 3.8) is 0 Å². The van der Waals surface area contributed by atoms with E-state index in [1.165, 1.54) is 0 Å². The molecule has 0 spiro atoms. The van der Waals surface area contributed by atoms with E-state index >= 15 is 0 Å². The SMILES string of the molecule is CCOc1cc(C=Nc2ccccc2C)cc(Br)c1OCc1ccccc1. The van der Waals surface area contributed by atoms with Gasteiger partial charge in [0.25, 0.3) is 0 Å². The summed E-state index contributed by atoms with van der Waals surface area (Å²) >= 11 is 3.62. The first-order valence-corrected chi connectivity index (χ1v) is 9.69. The number of para-hydroxylation sites is 1. The number of hydrogen-bond donors (Lipinski definition) is 0. The molecule has 0 radical (unpaired) electrons. The zero-order chi connectivity index (χ0) is 19.1. The van der Waals surface area contributed by atoms with Crippen molar-refractivity contribution in [2.75, 3.05) is 6.61 Å². The second kappa shape index (κ2) is 9.38. The molecule has 4 heteroatoms. The molecule has 3 nitrogen and oxygen atoms in total. The van der Waals surface area contributed by atoms with Crippen molar-refractivity contribution in [1.29, 1.82) is 0 Å². The average molecular weight is 424 g/mol. The van der Waals surface area contributed by atoms with E-state index in [0.29, 0.717) is 24.7 Å². The van der Waals surface area contributed by atoms with E-state index < -0.39 is 0 Å². The van der Waals surface area contributed by atoms with E-state index in [9.17, 15) is 0 Å². The van der Waals surface area contributed by atoms with Crippen LogP contribution in [-0.2, 0) is 6.61 Å². The Balaban J connectivity index is 1.84. The Kier molecular flexibility index (Phi) is 6.66. The predicted octanol–water partition coefficient (Wildman–Crippen LogP) is 6.49. The minimum atomic E-state index is 0.482. The highest BCUT2D eigenvalue weighted by atomic mass is 79.9. The first kappa shape index (κ1) is 19.2. The molecular weight excluding hydrogens is 402 g/mol. The summed E-state index contributed by atoms with van der Waals surface area (Å²) < 4.78 is 12.7. The maximum Gasteiger partial charge on any atom is 0.175 e. The van der Waals surface area contributed by atoms with Crippen molar-refractivity contribution in [1.82, 2.24) is 0 Å². The minimum absolute atomic E-state index is 0.482. The first-order valence-electron chi connectivity index (χ1n) is 8.90. The summed E-state index contributed by atoms with van der Waals surface area (Å²) in [4.78, 5) is 4.60. The first-order chi connectivity index (χ1) is 13.2. The van der Waals surface area contributed by atoms with Gasteiger partial charge in [0.15, 0.2) is 11.5 Å². The Morgan fingerprint density at radius 1 is 0.963 bits per heavy atom. The van der Waals surface area contributed by atoms with E-state index in [1.54, 1.807) is 0 Å². The fraction of sp³-hybridized carbons (Fsp3) is 0.174. The molecule has 0 saturated heterocycles. The number of aliphatic imine (C=N–C) groups is 1. The summed E-state index contributed by atoms with van der Waals surface area (Å²) in [6, 6.07) is 22.1. The second-order valence-electron chi connectivity index (χ2n) is 6.08. The molecular formula is C23H22BrNO2. The van der Waals surface area contributed by atoms with Gasteiger partial charge in [-0.05, 0) is 64.7 Å². The fourth-order valence-electron chi connectivity index (χ4n) is 2.65. The van der Waals surface area contributed by atoms with E-state index in [2.05, 4.69) is 33.9 Å². The lowest BCUT2D eigenvalue weighted by Crippen LogP contribution is -2.01. The molecule has 3 aromatic rings. The number of ether oxygens (including phenoxy) is 2. The van der Waals surface area contributed by atoms with Crippen molar-refractivity contribution < 1.29 is 9.47 Å². The molecule has 0 aromatic heterocycles. The highest BCUT2D eigenvalue weighted by molar-refractivity contribution is 9.10. The fourth-order valence-corrected chi connectivity index (χ4v) is 3.22. The van der Waals surface area contributed by atoms with Gasteiger partial charge in [-0.1, -0.05) is 48.5 Å². The quantitative estimate of drug-likeness (QED) is 0.406. The molecule has 3 aromatic carbocycles. The molecule has 0 N–H and O–H groups in total. The van der Waals surface area contributed by atoms with Gasteiger partial charge in [-0.25, -0.2) is 0 Å². The van der Waals surface area contributed by atoms with Crippen LogP contribution >= 0.6 is 15.9 Å². The van der Waals surface area contributed by atoms with Crippen molar-refractivity contribution >= 4 is 27.8 Å². The molecule has 0 aliphatic rings. The van der Waals surface area contributed by atoms with Crippen molar-refractivity contribution in [2.45, 2.75) is 20.5 Å². The standard InChI is InChI=1S/C23H22BrNO2/c1-3-26-22-14-19(15-25-21-12-8-7-9-17(21)2)13-20(24)23(22)27-16-18-10-5-4-6-11-18/h4-15H,3,16H2,1-2H3. The Labute approximate surface area is 168 Å². The van der Waals surface area contributed by atoms with Gasteiger partial charge in [-0.15, -0.1) is 0 Å². The molecule has 0 aliphatic heterocycles. The highest BCUT2D eigenvalue weighted by Gasteiger charge is 2.12. The summed E-state index contributed by atoms with van der Waals surface area (Å²) in [7, 11) is 0. The third-order valence-corrected chi connectivity index (χ3v) is 4.61. The monoisotopic (exact) mass is 423 g/mol. The van der Waals surface area contributed by atoms with E-state index in [4.69, 9.17) is 9.47 Å². The summed E-state index contributed by atoms with van der Waals surface area (Å²) in [6.07, 6.45) is 1.84. The van der Waals surface area contributed by atoms with Gasteiger partial charge in [0.1, 0.15) is 6.61 Å². The normalized spacial score (nSPS) is 10.9. The van der Waals surface area contributed by atoms with Crippen LogP contribution in [0.15, 0.2) is 76.2 Å². The van der Waals surface area contributed by atoms with Gasteiger partial charge in [-0.2, -0.15) is 0 Å². The smallest absolute Gasteiger partial charge is 0.175 e. The van der Waals surface area contributed by atoms with Crippen LogP contribution in [0.4, 0.5) is 5.69 Å². The van der Waals surface area contributed by atoms with E-state index in [-0.39, 0.29) is 0 Å². The maximum atomic E-state index is 6.03. The molecule has 27 heavy (non-hydrogen) atoms. The molecule has 0 atom stereocenters. The lowest BCUT2D eigenvalue weighted by atomic mass is 10.2. The van der Waals surface area contributed by atoms with Crippen LogP contribution in [0.1, 0.15) is 23.6 Å². The lowest BCUT2D eigenvalue weighted by Gasteiger charge is -2.14. The molecule has 0 amide bonds. The van der Waals surface area contributed by atoms with Crippen LogP contribution in [-0.4, -0.2) is 12.8 Å². The second-order valence-corrected chi connectivity index (χ2v) is 6.94. The zero-order valence-electron chi connectivity index (χ0n) is 15.5. The molecule has 0 fully saturated rings. The number of hydrogen-bond acceptors (Lipinski definition) is 3. The highest BCUT2D eigenvalue weighted by Crippen LogP contribution is 2.37. The summed E-state index contributed by atoms with van der Waals surface area (Å²) in [5.41, 5.74) is 4.15. The number of nitrogens with zero attached hydrogens (tertiary/aromatic N) is 1. The zero-order valence-corrected chi connectivity index (χ0v) is 17.1. The molecule has 0 saturated carbocycles. The molecule has 138 valence electrons. The van der Waals surface area contributed by atoms with Crippen molar-refractivity contribution in [2.24, 2.45) is 4.99 Å². The molecule has 0 heterocycles. The summed E-state index contributed by atoms with van der Waals surface area (Å²) in [6.45, 7) is 5.06. The van der Waals surface area contributed by atoms with Gasteiger partial charge in [0.2, 0.25) is 0 Å².